The van der Waals surface area contributed by atoms with Gasteiger partial charge in [-0.15, -0.1) is 0 Å². The number of nitrogens with two attached hydrogens (primary N) is 1. The number of rotatable bonds is 5. The van der Waals surface area contributed by atoms with Gasteiger partial charge < -0.3 is 11.1 Å². The van der Waals surface area contributed by atoms with Crippen LogP contribution in [0.5, 0.6) is 0 Å². The van der Waals surface area contributed by atoms with E-state index in [2.05, 4.69) is 33.4 Å². The molecule has 2 aliphatic carbocycles. The van der Waals surface area contributed by atoms with Gasteiger partial charge in [0.1, 0.15) is 0 Å². The Morgan fingerprint density at radius 3 is 2.35 bits per heavy atom. The third-order valence-corrected chi connectivity index (χ3v) is 4.24. The van der Waals surface area contributed by atoms with E-state index in [0.717, 1.165) is 34.6 Å². The Morgan fingerprint density at radius 2 is 1.82 bits per heavy atom. The first kappa shape index (κ1) is 11.5. The predicted octanol–water partition coefficient (Wildman–Crippen LogP) is 3.31. The van der Waals surface area contributed by atoms with Crippen LogP contribution in [0.25, 0.3) is 0 Å². The molecule has 2 saturated carbocycles. The quantitative estimate of drug-likeness (QED) is 0.818. The van der Waals surface area contributed by atoms with Crippen molar-refractivity contribution in [2.24, 2.45) is 11.8 Å². The molecule has 0 heterocycles. The van der Waals surface area contributed by atoms with Gasteiger partial charge in [0, 0.05) is 22.7 Å². The summed E-state index contributed by atoms with van der Waals surface area (Å²) in [6, 6.07) is 6.92. The van der Waals surface area contributed by atoms with Crippen molar-refractivity contribution < 1.29 is 0 Å². The van der Waals surface area contributed by atoms with Gasteiger partial charge in [0.2, 0.25) is 0 Å². The van der Waals surface area contributed by atoms with Crippen molar-refractivity contribution in [1.29, 1.82) is 0 Å². The Labute approximate surface area is 111 Å². The molecule has 1 aromatic carbocycles. The van der Waals surface area contributed by atoms with E-state index in [9.17, 15) is 0 Å². The van der Waals surface area contributed by atoms with Crippen LogP contribution in [-0.2, 0) is 6.54 Å². The second kappa shape index (κ2) is 4.62. The van der Waals surface area contributed by atoms with Crippen molar-refractivity contribution in [2.45, 2.75) is 38.3 Å². The maximum atomic E-state index is 5.85. The first-order valence-corrected chi connectivity index (χ1v) is 7.30. The minimum Gasteiger partial charge on any atom is -0.399 e. The summed E-state index contributed by atoms with van der Waals surface area (Å²) in [6.07, 6.45) is 5.70. The van der Waals surface area contributed by atoms with Gasteiger partial charge in [0.05, 0.1) is 0 Å². The molecule has 0 spiro atoms. The number of halogens is 1. The minimum absolute atomic E-state index is 0.759. The highest BCUT2D eigenvalue weighted by Crippen LogP contribution is 2.44. The highest BCUT2D eigenvalue weighted by molar-refractivity contribution is 9.10. The van der Waals surface area contributed by atoms with Gasteiger partial charge in [0.15, 0.2) is 0 Å². The molecule has 0 saturated heterocycles. The second-order valence-electron chi connectivity index (χ2n) is 5.47. The highest BCUT2D eigenvalue weighted by atomic mass is 79.9. The lowest BCUT2D eigenvalue weighted by molar-refractivity contribution is 0.416. The highest BCUT2D eigenvalue weighted by Gasteiger charge is 2.40. The molecule has 17 heavy (non-hydrogen) atoms. The van der Waals surface area contributed by atoms with Crippen molar-refractivity contribution >= 4 is 21.6 Å². The van der Waals surface area contributed by atoms with Crippen molar-refractivity contribution in [3.63, 3.8) is 0 Å². The number of benzene rings is 1. The van der Waals surface area contributed by atoms with E-state index in [1.54, 1.807) is 0 Å². The molecule has 0 unspecified atom stereocenters. The van der Waals surface area contributed by atoms with E-state index in [1.807, 2.05) is 6.07 Å². The van der Waals surface area contributed by atoms with Crippen LogP contribution in [0, 0.1) is 11.8 Å². The average Bonchev–Trinajstić information content (AvgIpc) is 3.12. The summed E-state index contributed by atoms with van der Waals surface area (Å²) < 4.78 is 1.07. The lowest BCUT2D eigenvalue weighted by Crippen LogP contribution is -2.32. The molecule has 0 aromatic heterocycles. The van der Waals surface area contributed by atoms with E-state index in [4.69, 9.17) is 5.73 Å². The maximum absolute atomic E-state index is 5.85. The Bertz CT molecular complexity index is 378. The fourth-order valence-electron chi connectivity index (χ4n) is 2.64. The molecule has 0 bridgehead atoms. The summed E-state index contributed by atoms with van der Waals surface area (Å²) in [7, 11) is 0. The molecule has 3 N–H and O–H groups in total. The summed E-state index contributed by atoms with van der Waals surface area (Å²) in [6.45, 7) is 0.946. The SMILES string of the molecule is Nc1cc(Br)cc(CNC(C2CC2)C2CC2)c1. The first-order chi connectivity index (χ1) is 8.22. The van der Waals surface area contributed by atoms with Crippen LogP contribution < -0.4 is 11.1 Å². The third kappa shape index (κ3) is 3.02. The van der Waals surface area contributed by atoms with Crippen LogP contribution >= 0.6 is 15.9 Å². The van der Waals surface area contributed by atoms with Gasteiger partial charge in [0.25, 0.3) is 0 Å². The number of nitrogen functional groups attached to an aromatic ring is 1. The Hall–Kier alpha value is -0.540. The van der Waals surface area contributed by atoms with Gasteiger partial charge in [-0.1, -0.05) is 15.9 Å². The summed E-state index contributed by atoms with van der Waals surface area (Å²) in [4.78, 5) is 0. The van der Waals surface area contributed by atoms with E-state index >= 15 is 0 Å². The number of hydrogen-bond donors (Lipinski definition) is 2. The minimum atomic E-state index is 0.759. The predicted molar refractivity (Wildman–Crippen MR) is 74.6 cm³/mol. The van der Waals surface area contributed by atoms with Gasteiger partial charge in [-0.05, 0) is 61.3 Å². The van der Waals surface area contributed by atoms with Crippen LogP contribution in [0.3, 0.4) is 0 Å². The lowest BCUT2D eigenvalue weighted by atomic mass is 10.1. The Kier molecular flexibility index (Phi) is 3.14. The third-order valence-electron chi connectivity index (χ3n) is 3.78. The van der Waals surface area contributed by atoms with Crippen molar-refractivity contribution in [1.82, 2.24) is 5.32 Å². The number of anilines is 1. The lowest BCUT2D eigenvalue weighted by Gasteiger charge is -2.18. The van der Waals surface area contributed by atoms with Crippen LogP contribution in [0.4, 0.5) is 5.69 Å². The van der Waals surface area contributed by atoms with E-state index < -0.39 is 0 Å². The summed E-state index contributed by atoms with van der Waals surface area (Å²) in [5.41, 5.74) is 7.97. The van der Waals surface area contributed by atoms with E-state index in [-0.39, 0.29) is 0 Å². The number of hydrogen-bond acceptors (Lipinski definition) is 2. The molecule has 92 valence electrons. The van der Waals surface area contributed by atoms with Crippen molar-refractivity contribution in [3.8, 4) is 0 Å². The Balaban J connectivity index is 1.61. The van der Waals surface area contributed by atoms with Gasteiger partial charge in [-0.3, -0.25) is 0 Å². The molecule has 2 fully saturated rings. The zero-order chi connectivity index (χ0) is 11.8. The van der Waals surface area contributed by atoms with Crippen LogP contribution in [0.2, 0.25) is 0 Å². The topological polar surface area (TPSA) is 38.0 Å². The normalized spacial score (nSPS) is 19.9. The molecule has 1 aromatic rings. The van der Waals surface area contributed by atoms with Gasteiger partial charge >= 0.3 is 0 Å². The molecule has 2 nitrogen and oxygen atoms in total. The first-order valence-electron chi connectivity index (χ1n) is 6.51. The molecule has 3 heteroatoms. The zero-order valence-corrected chi connectivity index (χ0v) is 11.5. The molecule has 2 aliphatic rings. The van der Waals surface area contributed by atoms with Gasteiger partial charge in [-0.2, -0.15) is 0 Å². The molecule has 0 atom stereocenters. The van der Waals surface area contributed by atoms with Crippen molar-refractivity contribution in [2.75, 3.05) is 5.73 Å². The van der Waals surface area contributed by atoms with E-state index in [0.29, 0.717) is 0 Å². The largest absolute Gasteiger partial charge is 0.399 e. The van der Waals surface area contributed by atoms with Gasteiger partial charge in [-0.25, -0.2) is 0 Å². The smallest absolute Gasteiger partial charge is 0.0328 e. The summed E-state index contributed by atoms with van der Waals surface area (Å²) in [5.74, 6) is 1.90. The van der Waals surface area contributed by atoms with E-state index in [1.165, 1.54) is 31.2 Å². The maximum Gasteiger partial charge on any atom is 0.0328 e. The zero-order valence-electron chi connectivity index (χ0n) is 9.95. The fourth-order valence-corrected chi connectivity index (χ4v) is 3.20. The van der Waals surface area contributed by atoms with Crippen LogP contribution in [0.15, 0.2) is 22.7 Å². The summed E-state index contributed by atoms with van der Waals surface area (Å²) in [5, 5.41) is 3.74. The molecule has 0 radical (unpaired) electrons. The average molecular weight is 295 g/mol. The molecule has 0 amide bonds. The fraction of sp³-hybridized carbons (Fsp3) is 0.571. The number of nitrogens with one attached hydrogen (secondary N) is 1. The molecule has 3 rings (SSSR count). The van der Waals surface area contributed by atoms with Crippen LogP contribution in [0.1, 0.15) is 31.2 Å². The molecular weight excluding hydrogens is 276 g/mol. The molecule has 0 aliphatic heterocycles. The van der Waals surface area contributed by atoms with Crippen molar-refractivity contribution in [3.05, 3.63) is 28.2 Å². The second-order valence-corrected chi connectivity index (χ2v) is 6.39. The van der Waals surface area contributed by atoms with Crippen LogP contribution in [-0.4, -0.2) is 6.04 Å². The standard InChI is InChI=1S/C14H19BrN2/c15-12-5-9(6-13(16)7-12)8-17-14(10-1-2-10)11-3-4-11/h5-7,10-11,14,17H,1-4,8,16H2. The summed E-state index contributed by atoms with van der Waals surface area (Å²) >= 11 is 3.49. The Morgan fingerprint density at radius 1 is 1.18 bits per heavy atom. The monoisotopic (exact) mass is 294 g/mol. The molecular formula is C14H19BrN2.